The Morgan fingerprint density at radius 3 is 2.05 bits per heavy atom. The first-order valence-corrected chi connectivity index (χ1v) is 13.2. The fourth-order valence-electron chi connectivity index (χ4n) is 1.62. The van der Waals surface area contributed by atoms with Crippen LogP contribution in [-0.4, -0.2) is 23.0 Å². The van der Waals surface area contributed by atoms with Gasteiger partial charge in [-0.1, -0.05) is 70.1 Å². The molecule has 1 rings (SSSR count). The summed E-state index contributed by atoms with van der Waals surface area (Å²) in [5.74, 6) is 3.28. The normalized spacial score (nSPS) is 12.8. The molecule has 0 heterocycles. The average Bonchev–Trinajstić information content (AvgIpc) is 2.34. The fraction of sp³-hybridized carbons (Fsp3) is 0.529. The van der Waals surface area contributed by atoms with Gasteiger partial charge in [0.2, 0.25) is 0 Å². The molecule has 1 nitrogen and oxygen atoms in total. The molecule has 20 heavy (non-hydrogen) atoms. The van der Waals surface area contributed by atoms with Crippen molar-refractivity contribution in [1.29, 1.82) is 0 Å². The maximum absolute atomic E-state index is 6.11. The zero-order valence-corrected chi connectivity index (χ0v) is 16.0. The SMILES string of the molecule is CC(C)(C)[Si](C)(C)OCC#C[Si](C)(C)c1ccccc1. The molecule has 0 saturated carbocycles. The number of rotatable bonds is 3. The van der Waals surface area contributed by atoms with Gasteiger partial charge >= 0.3 is 0 Å². The maximum Gasteiger partial charge on any atom is 0.193 e. The van der Waals surface area contributed by atoms with E-state index in [1.807, 2.05) is 0 Å². The number of benzene rings is 1. The van der Waals surface area contributed by atoms with Crippen molar-refractivity contribution in [2.45, 2.75) is 52.0 Å². The Morgan fingerprint density at radius 1 is 1.00 bits per heavy atom. The van der Waals surface area contributed by atoms with E-state index in [4.69, 9.17) is 4.43 Å². The van der Waals surface area contributed by atoms with Crippen molar-refractivity contribution in [3.8, 4) is 11.5 Å². The maximum atomic E-state index is 6.11. The quantitative estimate of drug-likeness (QED) is 0.601. The molecule has 1 aromatic rings. The average molecular weight is 305 g/mol. The summed E-state index contributed by atoms with van der Waals surface area (Å²) < 4.78 is 6.11. The van der Waals surface area contributed by atoms with Gasteiger partial charge in [-0.25, -0.2) is 0 Å². The number of hydrogen-bond donors (Lipinski definition) is 0. The third-order valence-electron chi connectivity index (χ3n) is 4.21. The van der Waals surface area contributed by atoms with E-state index in [0.717, 1.165) is 0 Å². The van der Waals surface area contributed by atoms with Crippen LogP contribution in [0.4, 0.5) is 0 Å². The second-order valence-electron chi connectivity index (χ2n) is 7.34. The van der Waals surface area contributed by atoms with Crippen molar-refractivity contribution < 1.29 is 4.43 Å². The van der Waals surface area contributed by atoms with Crippen molar-refractivity contribution in [3.05, 3.63) is 30.3 Å². The van der Waals surface area contributed by atoms with Gasteiger partial charge in [0, 0.05) is 0 Å². The molecule has 0 aromatic heterocycles. The Hall–Kier alpha value is -0.826. The van der Waals surface area contributed by atoms with Crippen LogP contribution in [0.25, 0.3) is 0 Å². The summed E-state index contributed by atoms with van der Waals surface area (Å²) in [4.78, 5) is 0. The Bertz CT molecular complexity index is 487. The smallest absolute Gasteiger partial charge is 0.193 e. The van der Waals surface area contributed by atoms with Gasteiger partial charge in [0.1, 0.15) is 0 Å². The first kappa shape index (κ1) is 17.2. The lowest BCUT2D eigenvalue weighted by Crippen LogP contribution is -2.41. The van der Waals surface area contributed by atoms with Crippen molar-refractivity contribution in [3.63, 3.8) is 0 Å². The highest BCUT2D eigenvalue weighted by Gasteiger charge is 2.36. The molecule has 0 atom stereocenters. The van der Waals surface area contributed by atoms with E-state index in [2.05, 4.69) is 88.8 Å². The molecule has 110 valence electrons. The van der Waals surface area contributed by atoms with Gasteiger partial charge in [-0.05, 0) is 23.3 Å². The van der Waals surface area contributed by atoms with E-state index in [1.54, 1.807) is 0 Å². The summed E-state index contributed by atoms with van der Waals surface area (Å²) in [6, 6.07) is 10.6. The summed E-state index contributed by atoms with van der Waals surface area (Å²) in [6.07, 6.45) is 0. The molecule has 1 aromatic carbocycles. The van der Waals surface area contributed by atoms with E-state index in [-0.39, 0.29) is 5.04 Å². The molecule has 0 aliphatic rings. The van der Waals surface area contributed by atoms with E-state index in [0.29, 0.717) is 6.61 Å². The van der Waals surface area contributed by atoms with Gasteiger partial charge in [0.05, 0.1) is 6.61 Å². The minimum atomic E-state index is -1.67. The van der Waals surface area contributed by atoms with Crippen LogP contribution in [0.5, 0.6) is 0 Å². The van der Waals surface area contributed by atoms with Crippen LogP contribution >= 0.6 is 0 Å². The van der Waals surface area contributed by atoms with Gasteiger partial charge < -0.3 is 4.43 Å². The largest absolute Gasteiger partial charge is 0.406 e. The molecule has 0 N–H and O–H groups in total. The molecule has 0 spiro atoms. The molecule has 0 saturated heterocycles. The molecular weight excluding hydrogens is 276 g/mol. The standard InChI is InChI=1S/C17H28OSi2/c1-17(2,3)20(6,7)18-14-11-15-19(4,5)16-12-9-8-10-13-16/h8-10,12-13H,14H2,1-7H3. The summed E-state index contributed by atoms with van der Waals surface area (Å²) in [5.41, 5.74) is 3.49. The van der Waals surface area contributed by atoms with Crippen molar-refractivity contribution >= 4 is 21.6 Å². The zero-order chi connectivity index (χ0) is 15.4. The molecule has 0 amide bonds. The summed E-state index contributed by atoms with van der Waals surface area (Å²) in [7, 11) is -3.31. The molecule has 3 heteroatoms. The van der Waals surface area contributed by atoms with Crippen LogP contribution in [0.1, 0.15) is 20.8 Å². The summed E-state index contributed by atoms with van der Waals surface area (Å²) in [5, 5.41) is 1.64. The fourth-order valence-corrected chi connectivity index (χ4v) is 4.17. The van der Waals surface area contributed by atoms with Crippen LogP contribution in [0, 0.1) is 11.5 Å². The molecular formula is C17H28OSi2. The Balaban J connectivity index is 2.68. The molecule has 0 radical (unpaired) electrons. The monoisotopic (exact) mass is 304 g/mol. The molecule has 0 bridgehead atoms. The van der Waals surface area contributed by atoms with Crippen LogP contribution in [0.2, 0.25) is 31.2 Å². The predicted octanol–water partition coefficient (Wildman–Crippen LogP) is 4.17. The van der Waals surface area contributed by atoms with Crippen LogP contribution in [0.15, 0.2) is 30.3 Å². The second kappa shape index (κ2) is 6.30. The third kappa shape index (κ3) is 4.62. The van der Waals surface area contributed by atoms with Gasteiger partial charge in [-0.2, -0.15) is 0 Å². The predicted molar refractivity (Wildman–Crippen MR) is 94.5 cm³/mol. The molecule has 0 fully saturated rings. The van der Waals surface area contributed by atoms with Crippen LogP contribution < -0.4 is 5.19 Å². The third-order valence-corrected chi connectivity index (χ3v) is 11.3. The van der Waals surface area contributed by atoms with Crippen LogP contribution in [-0.2, 0) is 4.43 Å². The van der Waals surface area contributed by atoms with E-state index in [1.165, 1.54) is 5.19 Å². The van der Waals surface area contributed by atoms with Crippen molar-refractivity contribution in [1.82, 2.24) is 0 Å². The first-order valence-electron chi connectivity index (χ1n) is 7.26. The lowest BCUT2D eigenvalue weighted by Gasteiger charge is -2.35. The van der Waals surface area contributed by atoms with E-state index < -0.39 is 16.4 Å². The molecule has 0 aliphatic heterocycles. The Kier molecular flexibility index (Phi) is 5.42. The highest BCUT2D eigenvalue weighted by molar-refractivity contribution is 6.96. The second-order valence-corrected chi connectivity index (χ2v) is 16.2. The Morgan fingerprint density at radius 2 is 1.55 bits per heavy atom. The topological polar surface area (TPSA) is 9.23 Å². The highest BCUT2D eigenvalue weighted by atomic mass is 28.4. The first-order chi connectivity index (χ1) is 9.06. The van der Waals surface area contributed by atoms with Crippen molar-refractivity contribution in [2.75, 3.05) is 6.61 Å². The number of hydrogen-bond acceptors (Lipinski definition) is 1. The van der Waals surface area contributed by atoms with Gasteiger partial charge in [0.15, 0.2) is 16.4 Å². The molecule has 0 aliphatic carbocycles. The van der Waals surface area contributed by atoms with Crippen LogP contribution in [0.3, 0.4) is 0 Å². The van der Waals surface area contributed by atoms with Gasteiger partial charge in [-0.15, -0.1) is 5.54 Å². The lowest BCUT2D eigenvalue weighted by molar-refractivity contribution is 0.334. The van der Waals surface area contributed by atoms with Crippen molar-refractivity contribution in [2.24, 2.45) is 0 Å². The zero-order valence-electron chi connectivity index (χ0n) is 14.0. The van der Waals surface area contributed by atoms with Gasteiger partial charge in [0.25, 0.3) is 0 Å². The summed E-state index contributed by atoms with van der Waals surface area (Å²) in [6.45, 7) is 16.5. The van der Waals surface area contributed by atoms with E-state index >= 15 is 0 Å². The minimum absolute atomic E-state index is 0.251. The van der Waals surface area contributed by atoms with E-state index in [9.17, 15) is 0 Å². The molecule has 0 unspecified atom stereocenters. The minimum Gasteiger partial charge on any atom is -0.406 e. The Labute approximate surface area is 126 Å². The lowest BCUT2D eigenvalue weighted by atomic mass is 10.2. The van der Waals surface area contributed by atoms with Gasteiger partial charge in [-0.3, -0.25) is 0 Å². The highest BCUT2D eigenvalue weighted by Crippen LogP contribution is 2.36. The summed E-state index contributed by atoms with van der Waals surface area (Å²) >= 11 is 0.